The summed E-state index contributed by atoms with van der Waals surface area (Å²) in [5.74, 6) is 0. The molecule has 1 atom stereocenters. The van der Waals surface area contributed by atoms with Crippen LogP contribution in [0.3, 0.4) is 0 Å². The quantitative estimate of drug-likeness (QED) is 0.693. The van der Waals surface area contributed by atoms with Crippen LogP contribution in [0.25, 0.3) is 0 Å². The highest BCUT2D eigenvalue weighted by molar-refractivity contribution is 4.98. The van der Waals surface area contributed by atoms with Gasteiger partial charge in [0.25, 0.3) is 0 Å². The molecule has 0 amide bonds. The van der Waals surface area contributed by atoms with E-state index in [9.17, 15) is 0 Å². The fraction of sp³-hybridized carbons (Fsp3) is 0.727. The average Bonchev–Trinajstić information content (AvgIpc) is 2.66. The zero-order valence-electron chi connectivity index (χ0n) is 9.86. The number of methoxy groups -OCH3 is 1. The molecule has 1 heterocycles. The van der Waals surface area contributed by atoms with Gasteiger partial charge in [-0.25, -0.2) is 0 Å². The van der Waals surface area contributed by atoms with Gasteiger partial charge in [0.2, 0.25) is 0 Å². The van der Waals surface area contributed by atoms with E-state index in [1.807, 2.05) is 23.9 Å². The van der Waals surface area contributed by atoms with Crippen molar-refractivity contribution in [3.05, 3.63) is 18.0 Å². The third-order valence-electron chi connectivity index (χ3n) is 2.28. The molecule has 4 nitrogen and oxygen atoms in total. The molecule has 0 saturated carbocycles. The van der Waals surface area contributed by atoms with Crippen molar-refractivity contribution in [1.82, 2.24) is 15.1 Å². The highest BCUT2D eigenvalue weighted by Crippen LogP contribution is 1.98. The summed E-state index contributed by atoms with van der Waals surface area (Å²) in [7, 11) is 1.72. The van der Waals surface area contributed by atoms with E-state index in [0.29, 0.717) is 0 Å². The Morgan fingerprint density at radius 1 is 1.60 bits per heavy atom. The van der Waals surface area contributed by atoms with Gasteiger partial charge in [0.15, 0.2) is 0 Å². The number of aromatic nitrogens is 2. The first-order valence-corrected chi connectivity index (χ1v) is 5.52. The van der Waals surface area contributed by atoms with Gasteiger partial charge in [-0.05, 0) is 26.0 Å². The van der Waals surface area contributed by atoms with E-state index in [2.05, 4.69) is 17.3 Å². The minimum absolute atomic E-state index is 0.210. The Morgan fingerprint density at radius 2 is 2.40 bits per heavy atom. The lowest BCUT2D eigenvalue weighted by atomic mass is 10.4. The van der Waals surface area contributed by atoms with Crippen molar-refractivity contribution in [2.45, 2.75) is 39.5 Å². The van der Waals surface area contributed by atoms with Crippen molar-refractivity contribution >= 4 is 0 Å². The third-order valence-corrected chi connectivity index (χ3v) is 2.28. The zero-order chi connectivity index (χ0) is 11.1. The third kappa shape index (κ3) is 4.44. The van der Waals surface area contributed by atoms with E-state index in [4.69, 9.17) is 4.74 Å². The molecule has 0 aliphatic carbocycles. The Balaban J connectivity index is 2.35. The summed E-state index contributed by atoms with van der Waals surface area (Å²) in [6.45, 7) is 6.90. The molecular formula is C11H21N3O. The molecule has 86 valence electrons. The van der Waals surface area contributed by atoms with Gasteiger partial charge in [-0.3, -0.25) is 4.68 Å². The SMILES string of the molecule is CCCNCc1ccn(CC(C)OC)n1. The lowest BCUT2D eigenvalue weighted by Gasteiger charge is -2.08. The van der Waals surface area contributed by atoms with Crippen molar-refractivity contribution in [2.75, 3.05) is 13.7 Å². The van der Waals surface area contributed by atoms with Crippen LogP contribution in [0.2, 0.25) is 0 Å². The topological polar surface area (TPSA) is 39.1 Å². The Kier molecular flexibility index (Phi) is 5.36. The molecule has 0 saturated heterocycles. The van der Waals surface area contributed by atoms with Crippen LogP contribution in [0.1, 0.15) is 26.0 Å². The number of hydrogen-bond donors (Lipinski definition) is 1. The number of nitrogens with zero attached hydrogens (tertiary/aromatic N) is 2. The van der Waals surface area contributed by atoms with Crippen molar-refractivity contribution in [2.24, 2.45) is 0 Å². The summed E-state index contributed by atoms with van der Waals surface area (Å²) in [4.78, 5) is 0. The second kappa shape index (κ2) is 6.58. The molecule has 1 rings (SSSR count). The molecule has 1 N–H and O–H groups in total. The van der Waals surface area contributed by atoms with Crippen LogP contribution >= 0.6 is 0 Å². The molecule has 1 unspecified atom stereocenters. The Bertz CT molecular complexity index is 273. The number of nitrogens with one attached hydrogen (secondary N) is 1. The van der Waals surface area contributed by atoms with Gasteiger partial charge >= 0.3 is 0 Å². The standard InChI is InChI=1S/C11H21N3O/c1-4-6-12-8-11-5-7-14(13-11)9-10(2)15-3/h5,7,10,12H,4,6,8-9H2,1-3H3. The van der Waals surface area contributed by atoms with Gasteiger partial charge in [-0.1, -0.05) is 6.92 Å². The van der Waals surface area contributed by atoms with E-state index in [1.165, 1.54) is 0 Å². The van der Waals surface area contributed by atoms with Crippen molar-refractivity contribution in [3.63, 3.8) is 0 Å². The lowest BCUT2D eigenvalue weighted by Crippen LogP contribution is -2.17. The first-order chi connectivity index (χ1) is 7.26. The molecule has 1 aromatic heterocycles. The van der Waals surface area contributed by atoms with Crippen LogP contribution in [-0.4, -0.2) is 29.5 Å². The van der Waals surface area contributed by atoms with Gasteiger partial charge in [-0.2, -0.15) is 5.10 Å². The maximum Gasteiger partial charge on any atom is 0.0762 e. The number of ether oxygens (including phenoxy) is 1. The van der Waals surface area contributed by atoms with Crippen LogP contribution in [-0.2, 0) is 17.8 Å². The molecule has 4 heteroatoms. The van der Waals surface area contributed by atoms with E-state index in [-0.39, 0.29) is 6.10 Å². The molecule has 0 radical (unpaired) electrons. The van der Waals surface area contributed by atoms with Crippen molar-refractivity contribution < 1.29 is 4.74 Å². The van der Waals surface area contributed by atoms with Crippen molar-refractivity contribution in [1.29, 1.82) is 0 Å². The Labute approximate surface area is 91.6 Å². The predicted octanol–water partition coefficient (Wildman–Crippen LogP) is 1.42. The predicted molar refractivity (Wildman–Crippen MR) is 60.7 cm³/mol. The molecule has 15 heavy (non-hydrogen) atoms. The molecule has 0 spiro atoms. The maximum atomic E-state index is 5.19. The minimum atomic E-state index is 0.210. The fourth-order valence-corrected chi connectivity index (χ4v) is 1.33. The van der Waals surface area contributed by atoms with Gasteiger partial charge in [0.05, 0.1) is 18.3 Å². The van der Waals surface area contributed by atoms with Gasteiger partial charge in [0.1, 0.15) is 0 Å². The van der Waals surface area contributed by atoms with Crippen LogP contribution in [0.15, 0.2) is 12.3 Å². The summed E-state index contributed by atoms with van der Waals surface area (Å²) < 4.78 is 7.11. The molecule has 0 bridgehead atoms. The summed E-state index contributed by atoms with van der Waals surface area (Å²) in [6.07, 6.45) is 3.36. The second-order valence-electron chi connectivity index (χ2n) is 3.75. The van der Waals surface area contributed by atoms with Crippen molar-refractivity contribution in [3.8, 4) is 0 Å². The zero-order valence-corrected chi connectivity index (χ0v) is 9.86. The van der Waals surface area contributed by atoms with E-state index in [0.717, 1.165) is 31.7 Å². The van der Waals surface area contributed by atoms with E-state index >= 15 is 0 Å². The van der Waals surface area contributed by atoms with Crippen LogP contribution < -0.4 is 5.32 Å². The molecule has 1 aromatic rings. The van der Waals surface area contributed by atoms with E-state index < -0.39 is 0 Å². The molecule has 0 aromatic carbocycles. The van der Waals surface area contributed by atoms with Crippen LogP contribution in [0.5, 0.6) is 0 Å². The maximum absolute atomic E-state index is 5.19. The van der Waals surface area contributed by atoms with Gasteiger partial charge < -0.3 is 10.1 Å². The Hall–Kier alpha value is -0.870. The largest absolute Gasteiger partial charge is 0.380 e. The average molecular weight is 211 g/mol. The molecule has 0 fully saturated rings. The summed E-state index contributed by atoms with van der Waals surface area (Å²) in [5.41, 5.74) is 1.09. The fourth-order valence-electron chi connectivity index (χ4n) is 1.33. The summed E-state index contributed by atoms with van der Waals surface area (Å²) in [5, 5.41) is 7.77. The first-order valence-electron chi connectivity index (χ1n) is 5.52. The monoisotopic (exact) mass is 211 g/mol. The second-order valence-corrected chi connectivity index (χ2v) is 3.75. The summed E-state index contributed by atoms with van der Waals surface area (Å²) in [6, 6.07) is 2.05. The highest BCUT2D eigenvalue weighted by Gasteiger charge is 2.02. The normalized spacial score (nSPS) is 13.0. The molecular weight excluding hydrogens is 190 g/mol. The smallest absolute Gasteiger partial charge is 0.0762 e. The number of hydrogen-bond acceptors (Lipinski definition) is 3. The number of rotatable bonds is 7. The van der Waals surface area contributed by atoms with Crippen LogP contribution in [0.4, 0.5) is 0 Å². The molecule has 0 aliphatic heterocycles. The Morgan fingerprint density at radius 3 is 3.07 bits per heavy atom. The van der Waals surface area contributed by atoms with Gasteiger partial charge in [0, 0.05) is 19.9 Å². The van der Waals surface area contributed by atoms with Crippen LogP contribution in [0, 0.1) is 0 Å². The molecule has 0 aliphatic rings. The lowest BCUT2D eigenvalue weighted by molar-refractivity contribution is 0.0997. The van der Waals surface area contributed by atoms with Gasteiger partial charge in [-0.15, -0.1) is 0 Å². The first kappa shape index (κ1) is 12.2. The highest BCUT2D eigenvalue weighted by atomic mass is 16.5. The summed E-state index contributed by atoms with van der Waals surface area (Å²) >= 11 is 0. The van der Waals surface area contributed by atoms with E-state index in [1.54, 1.807) is 7.11 Å². The minimum Gasteiger partial charge on any atom is -0.380 e.